The third-order valence-corrected chi connectivity index (χ3v) is 3.73. The Morgan fingerprint density at radius 2 is 2.06 bits per heavy atom. The fourth-order valence-electron chi connectivity index (χ4n) is 2.82. The highest BCUT2D eigenvalue weighted by molar-refractivity contribution is 5.78. The zero-order valence-corrected chi connectivity index (χ0v) is 10.6. The highest BCUT2D eigenvalue weighted by Crippen LogP contribution is 2.24. The molecule has 98 valence electrons. The Morgan fingerprint density at radius 1 is 1.35 bits per heavy atom. The van der Waals surface area contributed by atoms with Crippen molar-refractivity contribution < 1.29 is 9.90 Å². The number of hydrogen-bond acceptors (Lipinski definition) is 4. The second-order valence-corrected chi connectivity index (χ2v) is 5.30. The number of rotatable bonds is 4. The van der Waals surface area contributed by atoms with Crippen LogP contribution in [0.4, 0.5) is 0 Å². The van der Waals surface area contributed by atoms with Crippen molar-refractivity contribution in [1.29, 1.82) is 0 Å². The summed E-state index contributed by atoms with van der Waals surface area (Å²) in [6, 6.07) is 0. The summed E-state index contributed by atoms with van der Waals surface area (Å²) in [4.78, 5) is 15.8. The van der Waals surface area contributed by atoms with E-state index in [0.29, 0.717) is 26.1 Å². The number of nitrogens with zero attached hydrogens (tertiary/aromatic N) is 2. The number of aliphatic hydroxyl groups is 1. The lowest BCUT2D eigenvalue weighted by Crippen LogP contribution is -2.45. The molecule has 2 rings (SSSR count). The largest absolute Gasteiger partial charge is 0.387 e. The summed E-state index contributed by atoms with van der Waals surface area (Å²) in [7, 11) is 1.77. The fourth-order valence-corrected chi connectivity index (χ4v) is 2.82. The van der Waals surface area contributed by atoms with Gasteiger partial charge in [0, 0.05) is 13.1 Å². The number of nitrogens with one attached hydrogen (secondary N) is 1. The standard InChI is InChI=1S/C12H23N3O2/c1-13-8-11(16)15-7-4-12(17,10-15)9-14-5-2-3-6-14/h13,17H,2-10H2,1H3/t12-/m0/s1. The van der Waals surface area contributed by atoms with E-state index in [1.54, 1.807) is 11.9 Å². The van der Waals surface area contributed by atoms with Gasteiger partial charge < -0.3 is 20.2 Å². The van der Waals surface area contributed by atoms with E-state index in [1.807, 2.05) is 0 Å². The minimum Gasteiger partial charge on any atom is -0.387 e. The second kappa shape index (κ2) is 5.33. The highest BCUT2D eigenvalue weighted by atomic mass is 16.3. The van der Waals surface area contributed by atoms with Crippen LogP contribution in [-0.2, 0) is 4.79 Å². The lowest BCUT2D eigenvalue weighted by molar-refractivity contribution is -0.130. The van der Waals surface area contributed by atoms with Crippen molar-refractivity contribution in [3.8, 4) is 0 Å². The first-order valence-corrected chi connectivity index (χ1v) is 6.50. The van der Waals surface area contributed by atoms with Crippen molar-refractivity contribution in [2.24, 2.45) is 0 Å². The molecule has 2 N–H and O–H groups in total. The summed E-state index contributed by atoms with van der Waals surface area (Å²) in [5.41, 5.74) is -0.687. The molecule has 0 unspecified atom stereocenters. The van der Waals surface area contributed by atoms with E-state index in [4.69, 9.17) is 0 Å². The van der Waals surface area contributed by atoms with Crippen molar-refractivity contribution >= 4 is 5.91 Å². The van der Waals surface area contributed by atoms with Gasteiger partial charge in [-0.25, -0.2) is 0 Å². The van der Waals surface area contributed by atoms with Crippen LogP contribution in [-0.4, -0.2) is 72.7 Å². The molecular formula is C12H23N3O2. The fraction of sp³-hybridized carbons (Fsp3) is 0.917. The molecule has 2 saturated heterocycles. The number of hydrogen-bond donors (Lipinski definition) is 2. The van der Waals surface area contributed by atoms with Crippen LogP contribution >= 0.6 is 0 Å². The van der Waals surface area contributed by atoms with Crippen LogP contribution in [0.3, 0.4) is 0 Å². The Hall–Kier alpha value is -0.650. The summed E-state index contributed by atoms with van der Waals surface area (Å²) in [6.45, 7) is 4.44. The molecule has 2 aliphatic heterocycles. The van der Waals surface area contributed by atoms with Crippen molar-refractivity contribution in [3.63, 3.8) is 0 Å². The van der Waals surface area contributed by atoms with Gasteiger partial charge in [-0.05, 0) is 39.4 Å². The number of carbonyl (C=O) groups excluding carboxylic acids is 1. The third-order valence-electron chi connectivity index (χ3n) is 3.73. The zero-order valence-electron chi connectivity index (χ0n) is 10.6. The maximum absolute atomic E-state index is 11.7. The molecule has 0 aromatic carbocycles. The summed E-state index contributed by atoms with van der Waals surface area (Å²) >= 11 is 0. The van der Waals surface area contributed by atoms with Crippen molar-refractivity contribution in [2.75, 3.05) is 46.3 Å². The van der Waals surface area contributed by atoms with Gasteiger partial charge in [-0.1, -0.05) is 0 Å². The lowest BCUT2D eigenvalue weighted by atomic mass is 10.0. The summed E-state index contributed by atoms with van der Waals surface area (Å²) in [6.07, 6.45) is 3.18. The summed E-state index contributed by atoms with van der Waals surface area (Å²) < 4.78 is 0. The Balaban J connectivity index is 1.84. The van der Waals surface area contributed by atoms with Crippen LogP contribution in [0.5, 0.6) is 0 Å². The maximum Gasteiger partial charge on any atom is 0.236 e. The molecular weight excluding hydrogens is 218 g/mol. The molecule has 1 atom stereocenters. The van der Waals surface area contributed by atoms with Gasteiger partial charge >= 0.3 is 0 Å². The molecule has 2 fully saturated rings. The zero-order chi connectivity index (χ0) is 12.3. The summed E-state index contributed by atoms with van der Waals surface area (Å²) in [5, 5.41) is 13.3. The number of carbonyl (C=O) groups is 1. The number of amides is 1. The van der Waals surface area contributed by atoms with Crippen molar-refractivity contribution in [3.05, 3.63) is 0 Å². The summed E-state index contributed by atoms with van der Waals surface area (Å²) in [5.74, 6) is 0.0878. The molecule has 0 aromatic heterocycles. The molecule has 0 spiro atoms. The topological polar surface area (TPSA) is 55.8 Å². The van der Waals surface area contributed by atoms with Gasteiger partial charge in [0.1, 0.15) is 0 Å². The molecule has 0 aromatic rings. The average Bonchev–Trinajstić information content (AvgIpc) is 2.89. The van der Waals surface area contributed by atoms with Crippen molar-refractivity contribution in [2.45, 2.75) is 24.9 Å². The molecule has 1 amide bonds. The van der Waals surface area contributed by atoms with E-state index in [2.05, 4.69) is 10.2 Å². The molecule has 17 heavy (non-hydrogen) atoms. The molecule has 0 aliphatic carbocycles. The van der Waals surface area contributed by atoms with E-state index in [9.17, 15) is 9.90 Å². The molecule has 5 heteroatoms. The van der Waals surface area contributed by atoms with Gasteiger partial charge in [0.05, 0.1) is 18.7 Å². The smallest absolute Gasteiger partial charge is 0.236 e. The van der Waals surface area contributed by atoms with Crippen LogP contribution in [0.2, 0.25) is 0 Å². The van der Waals surface area contributed by atoms with E-state index in [1.165, 1.54) is 12.8 Å². The minimum absolute atomic E-state index is 0.0878. The van der Waals surface area contributed by atoms with Crippen LogP contribution in [0.15, 0.2) is 0 Å². The number of likely N-dealkylation sites (N-methyl/N-ethyl adjacent to an activating group) is 1. The van der Waals surface area contributed by atoms with Crippen LogP contribution in [0, 0.1) is 0 Å². The Labute approximate surface area is 103 Å². The molecule has 0 bridgehead atoms. The second-order valence-electron chi connectivity index (χ2n) is 5.30. The minimum atomic E-state index is -0.687. The first-order valence-electron chi connectivity index (χ1n) is 6.50. The van der Waals surface area contributed by atoms with Crippen LogP contribution in [0.25, 0.3) is 0 Å². The number of likely N-dealkylation sites (tertiary alicyclic amines) is 2. The van der Waals surface area contributed by atoms with Crippen LogP contribution < -0.4 is 5.32 Å². The van der Waals surface area contributed by atoms with Gasteiger partial charge in [-0.2, -0.15) is 0 Å². The van der Waals surface area contributed by atoms with E-state index >= 15 is 0 Å². The predicted molar refractivity (Wildman–Crippen MR) is 65.7 cm³/mol. The lowest BCUT2D eigenvalue weighted by Gasteiger charge is -2.28. The van der Waals surface area contributed by atoms with Crippen molar-refractivity contribution in [1.82, 2.24) is 15.1 Å². The normalized spacial score (nSPS) is 30.1. The third kappa shape index (κ3) is 3.18. The first kappa shape index (κ1) is 12.8. The van der Waals surface area contributed by atoms with Gasteiger partial charge in [0.15, 0.2) is 0 Å². The SMILES string of the molecule is CNCC(=O)N1CC[C@](O)(CN2CCCC2)C1. The Bertz CT molecular complexity index is 279. The highest BCUT2D eigenvalue weighted by Gasteiger charge is 2.39. The molecule has 0 radical (unpaired) electrons. The molecule has 2 heterocycles. The number of β-amino-alcohol motifs (C(OH)–C–C–N with tert-alkyl or cyclic N) is 1. The van der Waals surface area contributed by atoms with E-state index in [0.717, 1.165) is 19.6 Å². The molecule has 2 aliphatic rings. The van der Waals surface area contributed by atoms with E-state index in [-0.39, 0.29) is 5.91 Å². The predicted octanol–water partition coefficient (Wildman–Crippen LogP) is -0.735. The van der Waals surface area contributed by atoms with Gasteiger partial charge in [-0.3, -0.25) is 4.79 Å². The first-order chi connectivity index (χ1) is 8.13. The quantitative estimate of drug-likeness (QED) is 0.681. The molecule has 0 saturated carbocycles. The Morgan fingerprint density at radius 3 is 2.71 bits per heavy atom. The Kier molecular flexibility index (Phi) is 4.01. The monoisotopic (exact) mass is 241 g/mol. The maximum atomic E-state index is 11.7. The van der Waals surface area contributed by atoms with Gasteiger partial charge in [0.2, 0.25) is 5.91 Å². The van der Waals surface area contributed by atoms with E-state index < -0.39 is 5.60 Å². The van der Waals surface area contributed by atoms with Gasteiger partial charge in [0.25, 0.3) is 0 Å². The van der Waals surface area contributed by atoms with Gasteiger partial charge in [-0.15, -0.1) is 0 Å². The molecule has 5 nitrogen and oxygen atoms in total. The van der Waals surface area contributed by atoms with Crippen LogP contribution in [0.1, 0.15) is 19.3 Å². The average molecular weight is 241 g/mol.